The molecule has 0 radical (unpaired) electrons. The smallest absolute Gasteiger partial charge is 0.410 e. The van der Waals surface area contributed by atoms with Crippen LogP contribution in [-0.2, 0) is 14.3 Å². The van der Waals surface area contributed by atoms with Gasteiger partial charge in [-0.3, -0.25) is 4.79 Å². The van der Waals surface area contributed by atoms with E-state index in [0.717, 1.165) is 0 Å². The van der Waals surface area contributed by atoms with E-state index in [9.17, 15) is 9.59 Å². The topological polar surface area (TPSA) is 76.1 Å². The third kappa shape index (κ3) is 3.42. The minimum absolute atomic E-state index is 0.280. The first-order chi connectivity index (χ1) is 9.21. The molecule has 20 heavy (non-hydrogen) atoms. The van der Waals surface area contributed by atoms with Gasteiger partial charge in [0.2, 0.25) is 0 Å². The molecule has 2 aliphatic heterocycles. The zero-order valence-corrected chi connectivity index (χ0v) is 12.3. The Hall–Kier alpha value is -1.30. The minimum atomic E-state index is -0.795. The van der Waals surface area contributed by atoms with Gasteiger partial charge in [-0.1, -0.05) is 0 Å². The van der Waals surface area contributed by atoms with Gasteiger partial charge in [0, 0.05) is 13.1 Å². The summed E-state index contributed by atoms with van der Waals surface area (Å²) >= 11 is 0. The molecule has 1 N–H and O–H groups in total. The van der Waals surface area contributed by atoms with Gasteiger partial charge in [0.15, 0.2) is 0 Å². The SMILES string of the molecule is CC(C)(C)OC(=O)N1CCC2(CC1)CC(C(=O)O)CO2. The number of hydrogen-bond donors (Lipinski definition) is 1. The second-order valence-corrected chi connectivity index (χ2v) is 6.70. The molecule has 2 rings (SSSR count). The Bertz CT molecular complexity index is 393. The molecule has 114 valence electrons. The molecule has 0 bridgehead atoms. The van der Waals surface area contributed by atoms with Crippen molar-refractivity contribution in [1.29, 1.82) is 0 Å². The molecular weight excluding hydrogens is 262 g/mol. The largest absolute Gasteiger partial charge is 0.481 e. The molecule has 0 aliphatic carbocycles. The molecule has 0 saturated carbocycles. The van der Waals surface area contributed by atoms with E-state index in [2.05, 4.69) is 0 Å². The van der Waals surface area contributed by atoms with Crippen LogP contribution in [0, 0.1) is 5.92 Å². The van der Waals surface area contributed by atoms with E-state index in [-0.39, 0.29) is 18.3 Å². The van der Waals surface area contributed by atoms with Gasteiger partial charge in [-0.05, 0) is 40.0 Å². The second kappa shape index (κ2) is 5.24. The summed E-state index contributed by atoms with van der Waals surface area (Å²) in [4.78, 5) is 24.6. The van der Waals surface area contributed by atoms with Crippen LogP contribution in [0.1, 0.15) is 40.0 Å². The summed E-state index contributed by atoms with van der Waals surface area (Å²) in [7, 11) is 0. The minimum Gasteiger partial charge on any atom is -0.481 e. The number of carbonyl (C=O) groups excluding carboxylic acids is 1. The highest BCUT2D eigenvalue weighted by Gasteiger charge is 2.45. The summed E-state index contributed by atoms with van der Waals surface area (Å²) in [6.45, 7) is 6.92. The molecule has 0 aromatic carbocycles. The molecule has 6 nitrogen and oxygen atoms in total. The quantitative estimate of drug-likeness (QED) is 0.796. The standard InChI is InChI=1S/C14H23NO5/c1-13(2,3)20-12(18)15-6-4-14(5-7-15)8-10(9-19-14)11(16)17/h10H,4-9H2,1-3H3,(H,16,17). The number of piperidine rings is 1. The monoisotopic (exact) mass is 285 g/mol. The van der Waals surface area contributed by atoms with Crippen molar-refractivity contribution >= 4 is 12.1 Å². The van der Waals surface area contributed by atoms with Gasteiger partial charge in [-0.25, -0.2) is 4.79 Å². The van der Waals surface area contributed by atoms with Crippen molar-refractivity contribution in [2.45, 2.75) is 51.2 Å². The Balaban J connectivity index is 1.87. The summed E-state index contributed by atoms with van der Waals surface area (Å²) in [6.07, 6.45) is 1.59. The normalized spacial score (nSPS) is 25.8. The Morgan fingerprint density at radius 3 is 2.35 bits per heavy atom. The third-order valence-electron chi connectivity index (χ3n) is 3.88. The Labute approximate surface area is 119 Å². The van der Waals surface area contributed by atoms with Crippen LogP contribution in [0.2, 0.25) is 0 Å². The van der Waals surface area contributed by atoms with E-state index < -0.39 is 17.5 Å². The zero-order valence-electron chi connectivity index (χ0n) is 12.3. The lowest BCUT2D eigenvalue weighted by molar-refractivity contribution is -0.141. The average molecular weight is 285 g/mol. The van der Waals surface area contributed by atoms with Crippen LogP contribution in [0.4, 0.5) is 4.79 Å². The van der Waals surface area contributed by atoms with Crippen LogP contribution in [0.15, 0.2) is 0 Å². The molecule has 1 spiro atoms. The lowest BCUT2D eigenvalue weighted by Crippen LogP contribution is -2.48. The molecule has 0 aromatic rings. The maximum Gasteiger partial charge on any atom is 0.410 e. The predicted octanol–water partition coefficient (Wildman–Crippen LogP) is 1.88. The fourth-order valence-electron chi connectivity index (χ4n) is 2.77. The van der Waals surface area contributed by atoms with E-state index in [4.69, 9.17) is 14.6 Å². The molecular formula is C14H23NO5. The van der Waals surface area contributed by atoms with Gasteiger partial charge < -0.3 is 19.5 Å². The maximum absolute atomic E-state index is 12.0. The average Bonchev–Trinajstić information content (AvgIpc) is 2.72. The molecule has 0 aromatic heterocycles. The summed E-state index contributed by atoms with van der Waals surface area (Å²) in [5.74, 6) is -1.21. The highest BCUT2D eigenvalue weighted by Crippen LogP contribution is 2.38. The van der Waals surface area contributed by atoms with Gasteiger partial charge in [0.25, 0.3) is 0 Å². The summed E-state index contributed by atoms with van der Waals surface area (Å²) in [5.41, 5.74) is -0.855. The number of carboxylic acids is 1. The molecule has 2 aliphatic rings. The lowest BCUT2D eigenvalue weighted by Gasteiger charge is -2.39. The van der Waals surface area contributed by atoms with Crippen molar-refractivity contribution in [1.82, 2.24) is 4.90 Å². The third-order valence-corrected chi connectivity index (χ3v) is 3.88. The van der Waals surface area contributed by atoms with Crippen LogP contribution < -0.4 is 0 Å². The van der Waals surface area contributed by atoms with E-state index in [1.165, 1.54) is 0 Å². The highest BCUT2D eigenvalue weighted by molar-refractivity contribution is 5.71. The number of likely N-dealkylation sites (tertiary alicyclic amines) is 1. The van der Waals surface area contributed by atoms with Crippen LogP contribution in [0.5, 0.6) is 0 Å². The number of carbonyl (C=O) groups is 2. The number of amides is 1. The van der Waals surface area contributed by atoms with Crippen molar-refractivity contribution in [3.05, 3.63) is 0 Å². The fourth-order valence-corrected chi connectivity index (χ4v) is 2.77. The first-order valence-electron chi connectivity index (χ1n) is 7.05. The summed E-state index contributed by atoms with van der Waals surface area (Å²) in [5, 5.41) is 9.03. The molecule has 1 atom stereocenters. The van der Waals surface area contributed by atoms with Gasteiger partial charge in [0.1, 0.15) is 5.60 Å². The number of hydrogen-bond acceptors (Lipinski definition) is 4. The second-order valence-electron chi connectivity index (χ2n) is 6.70. The van der Waals surface area contributed by atoms with E-state index in [1.807, 2.05) is 20.8 Å². The number of nitrogens with zero attached hydrogens (tertiary/aromatic N) is 1. The van der Waals surface area contributed by atoms with Crippen molar-refractivity contribution in [3.8, 4) is 0 Å². The van der Waals surface area contributed by atoms with Crippen LogP contribution in [-0.4, -0.2) is 53.0 Å². The molecule has 1 amide bonds. The van der Waals surface area contributed by atoms with Crippen molar-refractivity contribution < 1.29 is 24.2 Å². The van der Waals surface area contributed by atoms with Crippen LogP contribution in [0.3, 0.4) is 0 Å². The molecule has 6 heteroatoms. The van der Waals surface area contributed by atoms with Gasteiger partial charge >= 0.3 is 12.1 Å². The Morgan fingerprint density at radius 1 is 1.30 bits per heavy atom. The fraction of sp³-hybridized carbons (Fsp3) is 0.857. The summed E-state index contributed by atoms with van der Waals surface area (Å²) in [6, 6.07) is 0. The molecule has 2 fully saturated rings. The Kier molecular flexibility index (Phi) is 3.95. The van der Waals surface area contributed by atoms with Gasteiger partial charge in [0.05, 0.1) is 18.1 Å². The van der Waals surface area contributed by atoms with E-state index >= 15 is 0 Å². The van der Waals surface area contributed by atoms with E-state index in [0.29, 0.717) is 32.4 Å². The predicted molar refractivity (Wildman–Crippen MR) is 71.5 cm³/mol. The molecule has 2 saturated heterocycles. The Morgan fingerprint density at radius 2 is 1.90 bits per heavy atom. The first-order valence-corrected chi connectivity index (χ1v) is 7.05. The molecule has 1 unspecified atom stereocenters. The molecule has 2 heterocycles. The van der Waals surface area contributed by atoms with Crippen molar-refractivity contribution in [2.24, 2.45) is 5.92 Å². The number of ether oxygens (including phenoxy) is 2. The number of aliphatic carboxylic acids is 1. The van der Waals surface area contributed by atoms with E-state index in [1.54, 1.807) is 4.90 Å². The zero-order chi connectivity index (χ0) is 15.0. The summed E-state index contributed by atoms with van der Waals surface area (Å²) < 4.78 is 11.1. The van der Waals surface area contributed by atoms with Crippen molar-refractivity contribution in [3.63, 3.8) is 0 Å². The van der Waals surface area contributed by atoms with Crippen LogP contribution >= 0.6 is 0 Å². The van der Waals surface area contributed by atoms with Crippen LogP contribution in [0.25, 0.3) is 0 Å². The maximum atomic E-state index is 12.0. The lowest BCUT2D eigenvalue weighted by atomic mass is 9.85. The number of carboxylic acid groups (broad SMARTS) is 1. The highest BCUT2D eigenvalue weighted by atomic mass is 16.6. The number of rotatable bonds is 1. The van der Waals surface area contributed by atoms with Gasteiger partial charge in [-0.2, -0.15) is 0 Å². The van der Waals surface area contributed by atoms with Crippen molar-refractivity contribution in [2.75, 3.05) is 19.7 Å². The van der Waals surface area contributed by atoms with Gasteiger partial charge in [-0.15, -0.1) is 0 Å². The first kappa shape index (κ1) is 15.1.